The van der Waals surface area contributed by atoms with Crippen molar-refractivity contribution in [3.05, 3.63) is 96.6 Å². The van der Waals surface area contributed by atoms with Gasteiger partial charge in [0.1, 0.15) is 0 Å². The Labute approximate surface area is 137 Å². The van der Waals surface area contributed by atoms with Crippen molar-refractivity contribution in [1.82, 2.24) is 0 Å². The Bertz CT molecular complexity index is 731. The zero-order valence-corrected chi connectivity index (χ0v) is 13.4. The van der Waals surface area contributed by atoms with E-state index in [0.29, 0.717) is 5.56 Å². The molecule has 0 saturated carbocycles. The number of ketones is 1. The smallest absolute Gasteiger partial charge is 0.173 e. The van der Waals surface area contributed by atoms with Crippen LogP contribution in [0.15, 0.2) is 101 Å². The van der Waals surface area contributed by atoms with Crippen LogP contribution in [0.2, 0.25) is 0 Å². The van der Waals surface area contributed by atoms with Crippen molar-refractivity contribution in [2.45, 2.75) is 9.79 Å². The summed E-state index contributed by atoms with van der Waals surface area (Å²) < 4.78 is 11.4. The van der Waals surface area contributed by atoms with E-state index in [1.54, 1.807) is 12.1 Å². The van der Waals surface area contributed by atoms with Gasteiger partial charge < -0.3 is 4.55 Å². The third kappa shape index (κ3) is 3.36. The molecule has 3 aromatic carbocycles. The third-order valence-electron chi connectivity index (χ3n) is 3.70. The van der Waals surface area contributed by atoms with Gasteiger partial charge in [0.15, 0.2) is 5.78 Å². The predicted molar refractivity (Wildman–Crippen MR) is 95.3 cm³/mol. The zero-order chi connectivity index (χ0) is 16.1. The molecule has 0 atom stereocenters. The van der Waals surface area contributed by atoms with Crippen LogP contribution in [0, 0.1) is 0 Å². The minimum absolute atomic E-state index is 0.0455. The first-order valence-corrected chi connectivity index (χ1v) is 9.18. The van der Waals surface area contributed by atoms with Crippen LogP contribution in [0.25, 0.3) is 0 Å². The molecule has 0 bridgehead atoms. The Morgan fingerprint density at radius 3 is 1.52 bits per heavy atom. The second-order valence-corrected chi connectivity index (χ2v) is 7.90. The highest BCUT2D eigenvalue weighted by molar-refractivity contribution is 8.29. The van der Waals surface area contributed by atoms with Crippen molar-refractivity contribution >= 4 is 16.1 Å². The molecule has 0 amide bonds. The van der Waals surface area contributed by atoms with Crippen LogP contribution in [0.1, 0.15) is 10.4 Å². The monoisotopic (exact) mass is 322 g/mol. The molecule has 0 unspecified atom stereocenters. The first-order valence-electron chi connectivity index (χ1n) is 7.42. The lowest BCUT2D eigenvalue weighted by molar-refractivity contribution is 0.102. The maximum Gasteiger partial charge on any atom is 0.173 e. The van der Waals surface area contributed by atoms with E-state index in [-0.39, 0.29) is 11.5 Å². The Hall–Kier alpha value is -2.36. The Balaban J connectivity index is 2.01. The summed E-state index contributed by atoms with van der Waals surface area (Å²) in [4.78, 5) is 14.3. The molecule has 2 nitrogen and oxygen atoms in total. The summed E-state index contributed by atoms with van der Waals surface area (Å²) in [6, 6.07) is 28.1. The number of benzene rings is 3. The summed E-state index contributed by atoms with van der Waals surface area (Å²) in [6.45, 7) is 0. The van der Waals surface area contributed by atoms with E-state index < -0.39 is 10.3 Å². The summed E-state index contributed by atoms with van der Waals surface area (Å²) >= 11 is 0. The molecule has 0 aliphatic rings. The van der Waals surface area contributed by atoms with Gasteiger partial charge in [-0.3, -0.25) is 4.79 Å². The lowest BCUT2D eigenvalue weighted by Gasteiger charge is -2.34. The van der Waals surface area contributed by atoms with Gasteiger partial charge in [-0.25, -0.2) is 0 Å². The second-order valence-electron chi connectivity index (χ2n) is 5.26. The van der Waals surface area contributed by atoms with E-state index in [1.807, 2.05) is 78.9 Å². The van der Waals surface area contributed by atoms with E-state index in [4.69, 9.17) is 0 Å². The molecular formula is C20H18O2S. The zero-order valence-electron chi connectivity index (χ0n) is 12.6. The minimum Gasteiger partial charge on any atom is -0.342 e. The maximum absolute atomic E-state index is 12.7. The van der Waals surface area contributed by atoms with Crippen molar-refractivity contribution in [3.63, 3.8) is 0 Å². The molecule has 0 saturated heterocycles. The topological polar surface area (TPSA) is 37.3 Å². The lowest BCUT2D eigenvalue weighted by atomic mass is 10.2. The average Bonchev–Trinajstić information content (AvgIpc) is 2.64. The standard InChI is InChI=1S/C20H18O2S/c21-20(17-10-4-1-5-11-17)16-23(22,18-12-6-2-7-13-18)19-14-8-3-9-15-19/h1-15,22H,16H2. The predicted octanol–water partition coefficient (Wildman–Crippen LogP) is 5.27. The number of hydrogen-bond acceptors (Lipinski definition) is 2. The Morgan fingerprint density at radius 2 is 1.09 bits per heavy atom. The summed E-state index contributed by atoms with van der Waals surface area (Å²) in [6.07, 6.45) is 0. The van der Waals surface area contributed by atoms with Gasteiger partial charge in [-0.05, 0) is 24.3 Å². The quantitative estimate of drug-likeness (QED) is 0.650. The Kier molecular flexibility index (Phi) is 4.60. The fourth-order valence-corrected chi connectivity index (χ4v) is 4.86. The fraction of sp³-hybridized carbons (Fsp3) is 0.0500. The number of rotatable bonds is 5. The van der Waals surface area contributed by atoms with Crippen molar-refractivity contribution in [2.24, 2.45) is 0 Å². The molecule has 1 N–H and O–H groups in total. The van der Waals surface area contributed by atoms with Crippen LogP contribution in [0.4, 0.5) is 0 Å². The van der Waals surface area contributed by atoms with Gasteiger partial charge >= 0.3 is 0 Å². The average molecular weight is 322 g/mol. The molecule has 0 fully saturated rings. The van der Waals surface area contributed by atoms with Crippen molar-refractivity contribution in [1.29, 1.82) is 0 Å². The van der Waals surface area contributed by atoms with Crippen LogP contribution in [-0.2, 0) is 0 Å². The first kappa shape index (κ1) is 15.5. The van der Waals surface area contributed by atoms with Crippen molar-refractivity contribution in [2.75, 3.05) is 5.75 Å². The highest BCUT2D eigenvalue weighted by atomic mass is 32.3. The van der Waals surface area contributed by atoms with Gasteiger partial charge in [0.2, 0.25) is 0 Å². The van der Waals surface area contributed by atoms with Gasteiger partial charge in [-0.2, -0.15) is 0 Å². The largest absolute Gasteiger partial charge is 0.342 e. The van der Waals surface area contributed by atoms with Gasteiger partial charge in [0.05, 0.1) is 5.75 Å². The molecular weight excluding hydrogens is 304 g/mol. The summed E-state index contributed by atoms with van der Waals surface area (Å²) in [5.74, 6) is 0.0428. The van der Waals surface area contributed by atoms with Gasteiger partial charge in [0.25, 0.3) is 0 Å². The highest BCUT2D eigenvalue weighted by Gasteiger charge is 2.29. The summed E-state index contributed by atoms with van der Waals surface area (Å²) in [5.41, 5.74) is 0.630. The molecule has 0 aromatic heterocycles. The van der Waals surface area contributed by atoms with Crippen LogP contribution in [0.3, 0.4) is 0 Å². The first-order chi connectivity index (χ1) is 11.2. The van der Waals surface area contributed by atoms with E-state index in [1.165, 1.54) is 0 Å². The van der Waals surface area contributed by atoms with Crippen LogP contribution >= 0.6 is 10.3 Å². The number of carbonyl (C=O) groups is 1. The second kappa shape index (κ2) is 6.82. The summed E-state index contributed by atoms with van der Waals surface area (Å²) in [7, 11) is -2.39. The van der Waals surface area contributed by atoms with E-state index in [9.17, 15) is 9.35 Å². The molecule has 0 aliphatic carbocycles. The molecule has 0 aliphatic heterocycles. The molecule has 3 rings (SSSR count). The molecule has 0 heterocycles. The summed E-state index contributed by atoms with van der Waals surface area (Å²) in [5, 5.41) is 0. The maximum atomic E-state index is 12.7. The lowest BCUT2D eigenvalue weighted by Crippen LogP contribution is -2.15. The van der Waals surface area contributed by atoms with Gasteiger partial charge in [-0.15, -0.1) is 0 Å². The molecule has 0 spiro atoms. The highest BCUT2D eigenvalue weighted by Crippen LogP contribution is 2.59. The van der Waals surface area contributed by atoms with Crippen molar-refractivity contribution < 1.29 is 9.35 Å². The van der Waals surface area contributed by atoms with Crippen LogP contribution in [0.5, 0.6) is 0 Å². The fourth-order valence-electron chi connectivity index (χ4n) is 2.49. The van der Waals surface area contributed by atoms with E-state index in [0.717, 1.165) is 9.79 Å². The van der Waals surface area contributed by atoms with E-state index >= 15 is 0 Å². The SMILES string of the molecule is O=C(CS(O)(c1ccccc1)c1ccccc1)c1ccccc1. The van der Waals surface area contributed by atoms with Crippen LogP contribution in [-0.4, -0.2) is 16.1 Å². The van der Waals surface area contributed by atoms with Gasteiger partial charge in [-0.1, -0.05) is 77.0 Å². The molecule has 0 radical (unpaired) electrons. The molecule has 23 heavy (non-hydrogen) atoms. The number of carbonyl (C=O) groups excluding carboxylic acids is 1. The molecule has 3 aromatic rings. The van der Waals surface area contributed by atoms with Crippen molar-refractivity contribution in [3.8, 4) is 0 Å². The minimum atomic E-state index is -2.39. The van der Waals surface area contributed by atoms with E-state index in [2.05, 4.69) is 0 Å². The molecule has 3 heteroatoms. The normalized spacial score (nSPS) is 11.9. The number of hydrogen-bond donors (Lipinski definition) is 1. The third-order valence-corrected chi connectivity index (χ3v) is 6.49. The Morgan fingerprint density at radius 1 is 0.696 bits per heavy atom. The molecule has 116 valence electrons. The van der Waals surface area contributed by atoms with Gasteiger partial charge in [0, 0.05) is 15.4 Å². The number of Topliss-reactive ketones (excluding diaryl/α,β-unsaturated/α-hetero) is 1. The van der Waals surface area contributed by atoms with Crippen LogP contribution < -0.4 is 0 Å².